The van der Waals surface area contributed by atoms with Gasteiger partial charge in [-0.25, -0.2) is 18.6 Å². The third kappa shape index (κ3) is 7.35. The van der Waals surface area contributed by atoms with Crippen molar-refractivity contribution in [3.63, 3.8) is 0 Å². The molecule has 2 aromatic carbocycles. The largest absolute Gasteiger partial charge is 0.476 e. The van der Waals surface area contributed by atoms with Crippen LogP contribution in [-0.2, 0) is 14.5 Å². The molecule has 1 aromatic heterocycles. The lowest BCUT2D eigenvalue weighted by molar-refractivity contribution is -0.154. The van der Waals surface area contributed by atoms with E-state index in [0.717, 1.165) is 24.6 Å². The molecule has 0 amide bonds. The summed E-state index contributed by atoms with van der Waals surface area (Å²) in [6.45, 7) is 3.52. The van der Waals surface area contributed by atoms with Gasteiger partial charge >= 0.3 is 6.18 Å². The fourth-order valence-electron chi connectivity index (χ4n) is 3.41. The van der Waals surface area contributed by atoms with Crippen molar-refractivity contribution in [1.82, 2.24) is 15.3 Å². The number of hydrogen-bond donors (Lipinski definition) is 2. The van der Waals surface area contributed by atoms with Gasteiger partial charge in [0.1, 0.15) is 29.8 Å². The van der Waals surface area contributed by atoms with Crippen molar-refractivity contribution in [1.29, 1.82) is 0 Å². The second kappa shape index (κ2) is 10.6. The Morgan fingerprint density at radius 3 is 2.51 bits per heavy atom. The average Bonchev–Trinajstić information content (AvgIpc) is 2.77. The molecule has 3 rings (SSSR count). The average molecular weight is 542 g/mol. The number of fused-ring (bicyclic) bond motifs is 1. The van der Waals surface area contributed by atoms with E-state index in [9.17, 15) is 26.6 Å². The molecule has 3 aromatic rings. The molecule has 1 heterocycles. The van der Waals surface area contributed by atoms with E-state index in [1.807, 2.05) is 0 Å². The molecule has 0 bridgehead atoms. The number of benzene rings is 2. The van der Waals surface area contributed by atoms with Gasteiger partial charge in [-0.2, -0.15) is 17.5 Å². The summed E-state index contributed by atoms with van der Waals surface area (Å²) in [5.41, 5.74) is 0.190. The standard InChI is InChI=1S/C24H27F4N5O3S/c1-14-8-17(33-37(4,5)35)10-19-21(14)22(31-13-30-19)32-18-7-6-16(25)9-20(18)36-23(3,12-34)11-29-15(2)24(26,27)28/h6-10,12-13,15,29H,11H2,1-5H3,(H,30,31,32)/t15-,23+/m1/s1. The van der Waals surface area contributed by atoms with Crippen LogP contribution in [0.2, 0.25) is 0 Å². The second-order valence-corrected chi connectivity index (χ2v) is 11.6. The predicted octanol–water partition coefficient (Wildman–Crippen LogP) is 5.06. The Hall–Kier alpha value is -3.32. The van der Waals surface area contributed by atoms with Crippen molar-refractivity contribution in [2.24, 2.45) is 4.36 Å². The normalized spacial score (nSPS) is 14.6. The number of hydrogen-bond acceptors (Lipinski definition) is 8. The third-order valence-electron chi connectivity index (χ3n) is 5.28. The summed E-state index contributed by atoms with van der Waals surface area (Å²) in [5.74, 6) is -0.456. The summed E-state index contributed by atoms with van der Waals surface area (Å²) < 4.78 is 74.8. The molecule has 0 aliphatic carbocycles. The van der Waals surface area contributed by atoms with Gasteiger partial charge in [0.2, 0.25) is 0 Å². The predicted molar refractivity (Wildman–Crippen MR) is 135 cm³/mol. The fourth-order valence-corrected chi connectivity index (χ4v) is 4.02. The lowest BCUT2D eigenvalue weighted by Gasteiger charge is -2.29. The number of carbonyl (C=O) groups excluding carboxylic acids is 1. The minimum Gasteiger partial charge on any atom is -0.476 e. The van der Waals surface area contributed by atoms with Crippen LogP contribution in [0.5, 0.6) is 5.75 Å². The monoisotopic (exact) mass is 541 g/mol. The number of rotatable bonds is 9. The quantitative estimate of drug-likeness (QED) is 0.288. The highest BCUT2D eigenvalue weighted by atomic mass is 32.2. The van der Waals surface area contributed by atoms with Crippen LogP contribution in [0, 0.1) is 12.7 Å². The van der Waals surface area contributed by atoms with Crippen molar-refractivity contribution in [2.45, 2.75) is 38.6 Å². The van der Waals surface area contributed by atoms with E-state index < -0.39 is 39.9 Å². The summed E-state index contributed by atoms with van der Waals surface area (Å²) in [6, 6.07) is 5.02. The molecular formula is C24H27F4N5O3S. The molecule has 13 heteroatoms. The van der Waals surface area contributed by atoms with Crippen molar-refractivity contribution in [3.05, 3.63) is 48.0 Å². The van der Waals surface area contributed by atoms with Crippen LogP contribution >= 0.6 is 0 Å². The van der Waals surface area contributed by atoms with Crippen LogP contribution in [0.25, 0.3) is 10.9 Å². The molecule has 37 heavy (non-hydrogen) atoms. The Labute approximate surface area is 212 Å². The molecule has 0 fully saturated rings. The van der Waals surface area contributed by atoms with Crippen LogP contribution < -0.4 is 15.4 Å². The fraction of sp³-hybridized carbons (Fsp3) is 0.375. The van der Waals surface area contributed by atoms with Crippen LogP contribution in [-0.4, -0.2) is 57.3 Å². The van der Waals surface area contributed by atoms with Gasteiger partial charge in [-0.15, -0.1) is 0 Å². The Kier molecular flexibility index (Phi) is 8.08. The minimum atomic E-state index is -4.51. The van der Waals surface area contributed by atoms with Crippen molar-refractivity contribution >= 4 is 44.1 Å². The topological polar surface area (TPSA) is 106 Å². The molecule has 0 unspecified atom stereocenters. The highest BCUT2D eigenvalue weighted by Crippen LogP contribution is 2.35. The molecule has 0 aliphatic rings. The molecule has 2 N–H and O–H groups in total. The smallest absolute Gasteiger partial charge is 0.403 e. The van der Waals surface area contributed by atoms with Gasteiger partial charge in [0.05, 0.1) is 16.9 Å². The minimum absolute atomic E-state index is 0.108. The first-order valence-electron chi connectivity index (χ1n) is 11.0. The van der Waals surface area contributed by atoms with Gasteiger partial charge in [0.15, 0.2) is 11.9 Å². The number of anilines is 2. The zero-order valence-corrected chi connectivity index (χ0v) is 21.6. The Morgan fingerprint density at radius 1 is 1.19 bits per heavy atom. The number of ether oxygens (including phenoxy) is 1. The summed E-state index contributed by atoms with van der Waals surface area (Å²) in [5, 5.41) is 5.87. The van der Waals surface area contributed by atoms with E-state index in [2.05, 4.69) is 25.0 Å². The second-order valence-electron chi connectivity index (χ2n) is 9.09. The van der Waals surface area contributed by atoms with E-state index >= 15 is 0 Å². The maximum atomic E-state index is 14.1. The van der Waals surface area contributed by atoms with Crippen LogP contribution in [0.3, 0.4) is 0 Å². The molecule has 8 nitrogen and oxygen atoms in total. The number of halogens is 4. The highest BCUT2D eigenvalue weighted by molar-refractivity contribution is 7.92. The van der Waals surface area contributed by atoms with E-state index in [-0.39, 0.29) is 11.4 Å². The first-order chi connectivity index (χ1) is 17.1. The molecule has 0 saturated carbocycles. The Balaban J connectivity index is 1.97. The molecule has 0 radical (unpaired) electrons. The number of aromatic nitrogens is 2. The van der Waals surface area contributed by atoms with E-state index in [0.29, 0.717) is 28.7 Å². The number of alkyl halides is 3. The van der Waals surface area contributed by atoms with Gasteiger partial charge in [0.25, 0.3) is 0 Å². The Morgan fingerprint density at radius 2 is 1.89 bits per heavy atom. The highest BCUT2D eigenvalue weighted by Gasteiger charge is 2.38. The number of aldehydes is 1. The molecule has 0 spiro atoms. The maximum Gasteiger partial charge on any atom is 0.403 e. The number of nitrogens with zero attached hydrogens (tertiary/aromatic N) is 3. The zero-order chi connectivity index (χ0) is 27.6. The van der Waals surface area contributed by atoms with Crippen LogP contribution in [0.1, 0.15) is 19.4 Å². The van der Waals surface area contributed by atoms with Gasteiger partial charge in [-0.3, -0.25) is 4.79 Å². The lowest BCUT2D eigenvalue weighted by atomic mass is 10.1. The molecule has 0 aliphatic heterocycles. The van der Waals surface area contributed by atoms with Crippen LogP contribution in [0.15, 0.2) is 41.0 Å². The van der Waals surface area contributed by atoms with Gasteiger partial charge in [-0.05, 0) is 50.6 Å². The summed E-state index contributed by atoms with van der Waals surface area (Å²) in [4.78, 5) is 20.3. The van der Waals surface area contributed by atoms with E-state index in [1.54, 1.807) is 19.1 Å². The molecule has 2 atom stereocenters. The van der Waals surface area contributed by atoms with Gasteiger partial charge < -0.3 is 15.4 Å². The van der Waals surface area contributed by atoms with Gasteiger partial charge in [0, 0.05) is 40.2 Å². The molecular weight excluding hydrogens is 514 g/mol. The van der Waals surface area contributed by atoms with Crippen molar-refractivity contribution in [3.8, 4) is 5.75 Å². The van der Waals surface area contributed by atoms with Gasteiger partial charge in [-0.1, -0.05) is 0 Å². The first-order valence-corrected chi connectivity index (χ1v) is 13.4. The SMILES string of the molecule is Cc1cc(N=S(C)(C)=O)cc2ncnc(Nc3ccc(F)cc3O[C@](C)(C=O)CN[C@H](C)C(F)(F)F)c12. The first kappa shape index (κ1) is 28.3. The maximum absolute atomic E-state index is 14.1. The summed E-state index contributed by atoms with van der Waals surface area (Å²) in [6.07, 6.45) is 0.167. The number of nitrogens with one attached hydrogen (secondary N) is 2. The summed E-state index contributed by atoms with van der Waals surface area (Å²) in [7, 11) is -2.40. The number of carbonyl (C=O) groups is 1. The van der Waals surface area contributed by atoms with Crippen LogP contribution in [0.4, 0.5) is 34.8 Å². The summed E-state index contributed by atoms with van der Waals surface area (Å²) >= 11 is 0. The van der Waals surface area contributed by atoms with E-state index in [1.165, 1.54) is 31.8 Å². The van der Waals surface area contributed by atoms with Crippen molar-refractivity contribution < 1.29 is 31.3 Å². The van der Waals surface area contributed by atoms with Crippen molar-refractivity contribution in [2.75, 3.05) is 24.4 Å². The third-order valence-corrected chi connectivity index (χ3v) is 5.94. The molecule has 0 saturated heterocycles. The van der Waals surface area contributed by atoms with E-state index in [4.69, 9.17) is 4.74 Å². The lowest BCUT2D eigenvalue weighted by Crippen LogP contribution is -2.50. The zero-order valence-electron chi connectivity index (χ0n) is 20.8. The molecule has 200 valence electrons. The number of aryl methyl sites for hydroxylation is 1. The Bertz CT molecular complexity index is 1430.